The highest BCUT2D eigenvalue weighted by Crippen LogP contribution is 2.46. The second kappa shape index (κ2) is 17.0. The molecule has 4 aliphatic heterocycles. The van der Waals surface area contributed by atoms with Crippen molar-refractivity contribution in [3.8, 4) is 28.4 Å². The number of hydrogen-bond acceptors (Lipinski definition) is 11. The largest absolute Gasteiger partial charge is 0.496 e. The molecule has 0 bridgehead atoms. The van der Waals surface area contributed by atoms with Gasteiger partial charge in [-0.1, -0.05) is 0 Å². The maximum Gasteiger partial charge on any atom is 0.317 e. The van der Waals surface area contributed by atoms with Gasteiger partial charge in [0.05, 0.1) is 44.1 Å². The highest BCUT2D eigenvalue weighted by molar-refractivity contribution is 6.23. The lowest BCUT2D eigenvalue weighted by atomic mass is 9.85. The van der Waals surface area contributed by atoms with E-state index in [4.69, 9.17) is 14.2 Å². The van der Waals surface area contributed by atoms with Gasteiger partial charge in [0, 0.05) is 63.0 Å². The number of ether oxygens (including phenoxy) is 3. The second-order valence-corrected chi connectivity index (χ2v) is 17.5. The van der Waals surface area contributed by atoms with Gasteiger partial charge in [0.15, 0.2) is 0 Å². The lowest BCUT2D eigenvalue weighted by molar-refractivity contribution is -0.136. The highest BCUT2D eigenvalue weighted by atomic mass is 16.5. The molecule has 5 heterocycles. The number of carbonyl (C=O) groups excluding carboxylic acids is 5. The van der Waals surface area contributed by atoms with Crippen LogP contribution in [0.3, 0.4) is 0 Å². The molecular formula is C45H55N7O9. The molecule has 1 saturated carbocycles. The van der Waals surface area contributed by atoms with E-state index in [9.17, 15) is 28.8 Å². The summed E-state index contributed by atoms with van der Waals surface area (Å²) in [7, 11) is 9.03. The minimum absolute atomic E-state index is 0.0623. The number of amides is 6. The number of pyridine rings is 1. The molecule has 3 atom stereocenters. The maximum atomic E-state index is 13.8. The van der Waals surface area contributed by atoms with Crippen LogP contribution >= 0.6 is 0 Å². The number of aryl methyl sites for hydroxylation is 1. The molecule has 16 heteroatoms. The number of methoxy groups -OCH3 is 2. The molecule has 3 unspecified atom stereocenters. The lowest BCUT2D eigenvalue weighted by Crippen LogP contribution is -2.54. The first-order valence-electron chi connectivity index (χ1n) is 21.2. The monoisotopic (exact) mass is 837 g/mol. The number of hydrogen-bond donors (Lipinski definition) is 2. The van der Waals surface area contributed by atoms with Gasteiger partial charge in [0.2, 0.25) is 11.8 Å². The minimum Gasteiger partial charge on any atom is -0.496 e. The highest BCUT2D eigenvalue weighted by Gasteiger charge is 2.46. The van der Waals surface area contributed by atoms with Crippen molar-refractivity contribution >= 4 is 29.7 Å². The third kappa shape index (κ3) is 8.22. The Bertz CT molecular complexity index is 2320. The molecule has 2 saturated heterocycles. The fraction of sp³-hybridized carbons (Fsp3) is 0.511. The van der Waals surface area contributed by atoms with Crippen LogP contribution in [0.4, 0.5) is 4.79 Å². The molecule has 61 heavy (non-hydrogen) atoms. The molecule has 3 aromatic rings. The molecule has 0 radical (unpaired) electrons. The molecule has 6 amide bonds. The van der Waals surface area contributed by atoms with Crippen LogP contribution in [-0.2, 0) is 36.1 Å². The van der Waals surface area contributed by atoms with E-state index in [1.807, 2.05) is 32.4 Å². The Hall–Kier alpha value is -5.74. The van der Waals surface area contributed by atoms with Crippen LogP contribution in [0, 0.1) is 5.41 Å². The van der Waals surface area contributed by atoms with Gasteiger partial charge in [-0.2, -0.15) is 0 Å². The summed E-state index contributed by atoms with van der Waals surface area (Å²) in [5.41, 5.74) is 4.80. The van der Waals surface area contributed by atoms with Crippen LogP contribution in [0.25, 0.3) is 11.1 Å². The van der Waals surface area contributed by atoms with Crippen LogP contribution < -0.4 is 30.4 Å². The summed E-state index contributed by atoms with van der Waals surface area (Å²) in [5, 5.41) is 5.53. The minimum atomic E-state index is -1.01. The van der Waals surface area contributed by atoms with Crippen LogP contribution in [0.15, 0.2) is 41.3 Å². The van der Waals surface area contributed by atoms with E-state index in [-0.39, 0.29) is 53.6 Å². The average Bonchev–Trinajstić information content (AvgIpc) is 3.91. The fourth-order valence-electron chi connectivity index (χ4n) is 10.0. The number of fused-ring (bicyclic) bond motifs is 2. The molecule has 2 N–H and O–H groups in total. The third-order valence-electron chi connectivity index (χ3n) is 13.1. The maximum absolute atomic E-state index is 13.8. The van der Waals surface area contributed by atoms with Crippen LogP contribution in [-0.4, -0.2) is 127 Å². The van der Waals surface area contributed by atoms with Crippen LogP contribution in [0.5, 0.6) is 17.2 Å². The van der Waals surface area contributed by atoms with Crippen molar-refractivity contribution in [1.29, 1.82) is 0 Å². The molecule has 3 fully saturated rings. The summed E-state index contributed by atoms with van der Waals surface area (Å²) >= 11 is 0. The summed E-state index contributed by atoms with van der Waals surface area (Å²) < 4.78 is 19.2. The SMILES string of the molecule is COc1cc(-c2cn(C)c(=O)c3c2CCN(C(=O)NC2CCC4(CCN(CCCOc5ccc6c(c5)C(=O)N(C5CCC(=O)NC5=O)C6=O)C4)C2)C3)cc(OC)c1CN(C)C. The Morgan fingerprint density at radius 2 is 1.67 bits per heavy atom. The standard InChI is InChI=1S/C45H55N7O9/c1-48(2)23-35-37(59-4)19-27(20-38(35)60-5)33-24-49(3)41(55)34-25-51(16-12-30(33)34)44(58)46-28-11-13-45(22-28)14-17-50(26-45)15-6-18-61-29-7-8-31-32(21-29)43(57)52(42(31)56)36-9-10-39(53)47-40(36)54/h7-8,19-21,24,28,36H,6,9-18,22-23,25-26H2,1-5H3,(H,46,58)(H,47,53,54). The Labute approximate surface area is 355 Å². The molecule has 1 spiro atoms. The Morgan fingerprint density at radius 1 is 0.918 bits per heavy atom. The number of piperidine rings is 1. The molecule has 1 aliphatic carbocycles. The topological polar surface area (TPSA) is 172 Å². The van der Waals surface area contributed by atoms with E-state index >= 15 is 0 Å². The molecular weight excluding hydrogens is 783 g/mol. The van der Waals surface area contributed by atoms with Crippen molar-refractivity contribution < 1.29 is 38.2 Å². The van der Waals surface area contributed by atoms with Crippen LogP contribution in [0.2, 0.25) is 0 Å². The van der Waals surface area contributed by atoms with E-state index in [1.165, 1.54) is 0 Å². The Balaban J connectivity index is 0.828. The second-order valence-electron chi connectivity index (χ2n) is 17.5. The van der Waals surface area contributed by atoms with Gasteiger partial charge in [0.1, 0.15) is 23.3 Å². The van der Waals surface area contributed by atoms with E-state index in [0.717, 1.165) is 78.9 Å². The smallest absolute Gasteiger partial charge is 0.317 e. The van der Waals surface area contributed by atoms with Crippen molar-refractivity contribution in [2.45, 2.75) is 76.5 Å². The first-order valence-corrected chi connectivity index (χ1v) is 21.2. The lowest BCUT2D eigenvalue weighted by Gasteiger charge is -2.32. The van der Waals surface area contributed by atoms with Gasteiger partial charge in [-0.05, 0) is 112 Å². The molecule has 1 aromatic heterocycles. The molecule has 324 valence electrons. The van der Waals surface area contributed by atoms with E-state index in [1.54, 1.807) is 48.9 Å². The summed E-state index contributed by atoms with van der Waals surface area (Å²) in [4.78, 5) is 84.7. The number of nitrogens with zero attached hydrogens (tertiary/aromatic N) is 5. The first-order chi connectivity index (χ1) is 29.3. The number of carbonyl (C=O) groups is 5. The first kappa shape index (κ1) is 42.0. The molecule has 16 nitrogen and oxygen atoms in total. The number of rotatable bonds is 12. The quantitative estimate of drug-likeness (QED) is 0.203. The zero-order chi connectivity index (χ0) is 43.2. The van der Waals surface area contributed by atoms with E-state index < -0.39 is 29.7 Å². The zero-order valence-electron chi connectivity index (χ0n) is 35.6. The van der Waals surface area contributed by atoms with Crippen molar-refractivity contribution in [2.24, 2.45) is 12.5 Å². The van der Waals surface area contributed by atoms with Crippen LogP contribution in [0.1, 0.15) is 82.4 Å². The normalized spacial score (nSPS) is 22.5. The van der Waals surface area contributed by atoms with Gasteiger partial charge in [0.25, 0.3) is 17.4 Å². The zero-order valence-corrected chi connectivity index (χ0v) is 35.6. The number of benzene rings is 2. The summed E-state index contributed by atoms with van der Waals surface area (Å²) in [6.45, 7) is 4.57. The number of aromatic nitrogens is 1. The van der Waals surface area contributed by atoms with Gasteiger partial charge in [-0.25, -0.2) is 4.79 Å². The Kier molecular flexibility index (Phi) is 11.7. The van der Waals surface area contributed by atoms with Gasteiger partial charge < -0.3 is 38.8 Å². The summed E-state index contributed by atoms with van der Waals surface area (Å²) in [6, 6.07) is 7.69. The molecule has 2 aromatic carbocycles. The number of nitrogens with one attached hydrogen (secondary N) is 2. The van der Waals surface area contributed by atoms with E-state index in [0.29, 0.717) is 48.9 Å². The Morgan fingerprint density at radius 3 is 2.39 bits per heavy atom. The van der Waals surface area contributed by atoms with Crippen molar-refractivity contribution in [3.63, 3.8) is 0 Å². The van der Waals surface area contributed by atoms with Gasteiger partial charge in [-0.3, -0.25) is 34.2 Å². The summed E-state index contributed by atoms with van der Waals surface area (Å²) in [6.07, 6.45) is 7.28. The third-order valence-corrected chi connectivity index (χ3v) is 13.1. The fourth-order valence-corrected chi connectivity index (χ4v) is 10.0. The number of imide groups is 2. The molecule has 5 aliphatic rings. The average molecular weight is 838 g/mol. The van der Waals surface area contributed by atoms with Crippen molar-refractivity contribution in [1.82, 2.24) is 34.8 Å². The number of urea groups is 1. The predicted octanol–water partition coefficient (Wildman–Crippen LogP) is 3.31. The number of likely N-dealkylation sites (tertiary alicyclic amines) is 1. The van der Waals surface area contributed by atoms with Gasteiger partial charge in [-0.15, -0.1) is 0 Å². The predicted molar refractivity (Wildman–Crippen MR) is 225 cm³/mol. The van der Waals surface area contributed by atoms with Gasteiger partial charge >= 0.3 is 6.03 Å². The van der Waals surface area contributed by atoms with Crippen molar-refractivity contribution in [3.05, 3.63) is 74.7 Å². The van der Waals surface area contributed by atoms with E-state index in [2.05, 4.69) is 20.4 Å². The molecule has 8 rings (SSSR count). The summed E-state index contributed by atoms with van der Waals surface area (Å²) in [5.74, 6) is -0.255. The van der Waals surface area contributed by atoms with Crippen molar-refractivity contribution in [2.75, 3.05) is 61.1 Å².